The molecule has 0 saturated carbocycles. The maximum Gasteiger partial charge on any atom is 0.240 e. The van der Waals surface area contributed by atoms with Crippen molar-refractivity contribution < 1.29 is 8.42 Å². The van der Waals surface area contributed by atoms with Gasteiger partial charge in [0.25, 0.3) is 0 Å². The average molecular weight is 273 g/mol. The smallest absolute Gasteiger partial charge is 0.240 e. The molecule has 0 unspecified atom stereocenters. The largest absolute Gasteiger partial charge is 0.366 e. The summed E-state index contributed by atoms with van der Waals surface area (Å²) in [5.41, 5.74) is 0.736. The van der Waals surface area contributed by atoms with Crippen molar-refractivity contribution in [3.05, 3.63) is 24.3 Å². The molecule has 0 aliphatic rings. The predicted octanol–water partition coefficient (Wildman–Crippen LogP) is 0.901. The van der Waals surface area contributed by atoms with Crippen molar-refractivity contribution in [3.63, 3.8) is 0 Å². The van der Waals surface area contributed by atoms with Crippen LogP contribution in [0.2, 0.25) is 0 Å². The van der Waals surface area contributed by atoms with E-state index in [1.807, 2.05) is 0 Å². The van der Waals surface area contributed by atoms with Crippen LogP contribution in [-0.4, -0.2) is 27.1 Å². The molecule has 0 amide bonds. The normalized spacial score (nSPS) is 10.9. The molecule has 0 spiro atoms. The zero-order valence-electron chi connectivity index (χ0n) is 9.65. The third kappa shape index (κ3) is 3.95. The molecule has 3 N–H and O–H groups in total. The second-order valence-corrected chi connectivity index (χ2v) is 5.41. The zero-order chi connectivity index (χ0) is 12.9. The molecule has 1 aromatic carbocycles. The van der Waals surface area contributed by atoms with E-state index >= 15 is 0 Å². The van der Waals surface area contributed by atoms with E-state index in [1.165, 1.54) is 12.1 Å². The minimum absolute atomic E-state index is 0.236. The molecule has 94 valence electrons. The van der Waals surface area contributed by atoms with Gasteiger partial charge in [0.1, 0.15) is 0 Å². The number of sulfonamides is 1. The lowest BCUT2D eigenvalue weighted by Crippen LogP contribution is -2.24. The van der Waals surface area contributed by atoms with E-state index in [0.717, 1.165) is 5.69 Å². The lowest BCUT2D eigenvalue weighted by molar-refractivity contribution is 0.584. The summed E-state index contributed by atoms with van der Waals surface area (Å²) in [7, 11) is -1.68. The van der Waals surface area contributed by atoms with Crippen molar-refractivity contribution >= 4 is 33.0 Å². The van der Waals surface area contributed by atoms with Gasteiger partial charge in [-0.2, -0.15) is 0 Å². The van der Waals surface area contributed by atoms with E-state index in [2.05, 4.69) is 15.4 Å². The molecule has 17 heavy (non-hydrogen) atoms. The lowest BCUT2D eigenvalue weighted by atomic mass is 10.3. The van der Waals surface area contributed by atoms with Gasteiger partial charge in [0.15, 0.2) is 5.11 Å². The maximum atomic E-state index is 11.7. The molecule has 5 nitrogen and oxygen atoms in total. The molecule has 0 aliphatic carbocycles. The van der Waals surface area contributed by atoms with Crippen LogP contribution in [0.15, 0.2) is 29.2 Å². The van der Waals surface area contributed by atoms with Crippen LogP contribution in [0.5, 0.6) is 0 Å². The van der Waals surface area contributed by atoms with Gasteiger partial charge in [0, 0.05) is 19.3 Å². The first-order valence-electron chi connectivity index (χ1n) is 5.08. The molecule has 0 aliphatic heterocycles. The van der Waals surface area contributed by atoms with Gasteiger partial charge in [-0.15, -0.1) is 0 Å². The van der Waals surface area contributed by atoms with Crippen LogP contribution in [0.1, 0.15) is 6.92 Å². The maximum absolute atomic E-state index is 11.7. The number of anilines is 1. The fourth-order valence-electron chi connectivity index (χ4n) is 1.18. The van der Waals surface area contributed by atoms with E-state index in [-0.39, 0.29) is 4.90 Å². The van der Waals surface area contributed by atoms with E-state index in [0.29, 0.717) is 11.7 Å². The topological polar surface area (TPSA) is 70.2 Å². The molecule has 1 rings (SSSR count). The average Bonchev–Trinajstić information content (AvgIpc) is 2.29. The Morgan fingerprint density at radius 3 is 2.35 bits per heavy atom. The van der Waals surface area contributed by atoms with E-state index < -0.39 is 10.0 Å². The Hall–Kier alpha value is -1.18. The van der Waals surface area contributed by atoms with Crippen molar-refractivity contribution in [1.82, 2.24) is 10.0 Å². The van der Waals surface area contributed by atoms with Crippen LogP contribution in [0.4, 0.5) is 5.69 Å². The fraction of sp³-hybridized carbons (Fsp3) is 0.300. The minimum Gasteiger partial charge on any atom is -0.366 e. The standard InChI is InChI=1S/C10H15N3O2S2/c1-3-12-17(14,15)9-6-4-8(5-7-9)13-10(16)11-2/h4-7,12H,3H2,1-2H3,(H2,11,13,16). The van der Waals surface area contributed by atoms with Gasteiger partial charge >= 0.3 is 0 Å². The van der Waals surface area contributed by atoms with Crippen LogP contribution in [0.25, 0.3) is 0 Å². The Bertz CT molecular complexity index is 483. The summed E-state index contributed by atoms with van der Waals surface area (Å²) in [5.74, 6) is 0. The summed E-state index contributed by atoms with van der Waals surface area (Å²) in [4.78, 5) is 0.236. The lowest BCUT2D eigenvalue weighted by Gasteiger charge is -2.08. The molecule has 0 atom stereocenters. The second kappa shape index (κ2) is 5.95. The molecule has 0 saturated heterocycles. The molecule has 0 bridgehead atoms. The van der Waals surface area contributed by atoms with Crippen molar-refractivity contribution in [2.24, 2.45) is 0 Å². The van der Waals surface area contributed by atoms with Gasteiger partial charge in [-0.3, -0.25) is 0 Å². The van der Waals surface area contributed by atoms with Crippen molar-refractivity contribution in [1.29, 1.82) is 0 Å². The third-order valence-electron chi connectivity index (χ3n) is 1.98. The number of rotatable bonds is 4. The molecular weight excluding hydrogens is 258 g/mol. The van der Waals surface area contributed by atoms with E-state index in [9.17, 15) is 8.42 Å². The highest BCUT2D eigenvalue weighted by molar-refractivity contribution is 7.89. The Morgan fingerprint density at radius 2 is 1.88 bits per heavy atom. The highest BCUT2D eigenvalue weighted by atomic mass is 32.2. The van der Waals surface area contributed by atoms with Crippen LogP contribution >= 0.6 is 12.2 Å². The Balaban J connectivity index is 2.85. The summed E-state index contributed by atoms with van der Waals surface area (Å²) in [6.45, 7) is 2.10. The van der Waals surface area contributed by atoms with E-state index in [4.69, 9.17) is 12.2 Å². The number of hydrogen-bond donors (Lipinski definition) is 3. The number of thiocarbonyl (C=S) groups is 1. The molecule has 0 aromatic heterocycles. The monoisotopic (exact) mass is 273 g/mol. The molecule has 0 radical (unpaired) electrons. The summed E-state index contributed by atoms with van der Waals surface area (Å²) < 4.78 is 25.7. The molecular formula is C10H15N3O2S2. The van der Waals surface area contributed by atoms with Crippen molar-refractivity contribution in [2.45, 2.75) is 11.8 Å². The Morgan fingerprint density at radius 1 is 1.29 bits per heavy atom. The highest BCUT2D eigenvalue weighted by Gasteiger charge is 2.11. The summed E-state index contributed by atoms with van der Waals surface area (Å²) >= 11 is 4.93. The van der Waals surface area contributed by atoms with Crippen molar-refractivity contribution in [2.75, 3.05) is 18.9 Å². The van der Waals surface area contributed by atoms with Gasteiger partial charge in [-0.25, -0.2) is 13.1 Å². The van der Waals surface area contributed by atoms with Crippen molar-refractivity contribution in [3.8, 4) is 0 Å². The first-order valence-corrected chi connectivity index (χ1v) is 6.97. The number of nitrogens with one attached hydrogen (secondary N) is 3. The number of benzene rings is 1. The van der Waals surface area contributed by atoms with E-state index in [1.54, 1.807) is 26.1 Å². The van der Waals surface area contributed by atoms with Crippen LogP contribution in [-0.2, 0) is 10.0 Å². The minimum atomic E-state index is -3.39. The first kappa shape index (κ1) is 13.9. The summed E-state index contributed by atoms with van der Waals surface area (Å²) in [5, 5.41) is 6.15. The van der Waals surface area contributed by atoms with Gasteiger partial charge in [0.05, 0.1) is 4.90 Å². The summed E-state index contributed by atoms with van der Waals surface area (Å²) in [6, 6.07) is 6.37. The second-order valence-electron chi connectivity index (χ2n) is 3.23. The SMILES string of the molecule is CCNS(=O)(=O)c1ccc(NC(=S)NC)cc1. The quantitative estimate of drug-likeness (QED) is 0.711. The molecule has 7 heteroatoms. The Kier molecular flexibility index (Phi) is 4.86. The fourth-order valence-corrected chi connectivity index (χ4v) is 2.34. The van der Waals surface area contributed by atoms with Crippen LogP contribution < -0.4 is 15.4 Å². The predicted molar refractivity (Wildman–Crippen MR) is 72.6 cm³/mol. The first-order chi connectivity index (χ1) is 7.99. The number of hydrogen-bond acceptors (Lipinski definition) is 3. The third-order valence-corrected chi connectivity index (χ3v) is 3.85. The molecule has 1 aromatic rings. The van der Waals surface area contributed by atoms with Crippen LogP contribution in [0, 0.1) is 0 Å². The zero-order valence-corrected chi connectivity index (χ0v) is 11.3. The van der Waals surface area contributed by atoms with Gasteiger partial charge in [-0.1, -0.05) is 6.92 Å². The molecule has 0 fully saturated rings. The molecule has 0 heterocycles. The van der Waals surface area contributed by atoms with Crippen LogP contribution in [0.3, 0.4) is 0 Å². The van der Waals surface area contributed by atoms with Gasteiger partial charge < -0.3 is 10.6 Å². The van der Waals surface area contributed by atoms with Gasteiger partial charge in [0.2, 0.25) is 10.0 Å². The summed E-state index contributed by atoms with van der Waals surface area (Å²) in [6.07, 6.45) is 0. The van der Waals surface area contributed by atoms with Gasteiger partial charge in [-0.05, 0) is 36.5 Å². The highest BCUT2D eigenvalue weighted by Crippen LogP contribution is 2.13. The Labute approximate surface area is 107 Å².